The summed E-state index contributed by atoms with van der Waals surface area (Å²) in [6.45, 7) is 4.95. The molecule has 0 N–H and O–H groups in total. The van der Waals surface area contributed by atoms with Crippen LogP contribution in [0, 0.1) is 5.92 Å². The van der Waals surface area contributed by atoms with Crippen LogP contribution in [0.2, 0.25) is 0 Å². The van der Waals surface area contributed by atoms with Crippen LogP contribution in [0.5, 0.6) is 23.0 Å². The van der Waals surface area contributed by atoms with Crippen LogP contribution in [-0.4, -0.2) is 13.6 Å². The molecule has 2 aliphatic heterocycles. The van der Waals surface area contributed by atoms with Gasteiger partial charge in [-0.15, -0.1) is 0 Å². The lowest BCUT2D eigenvalue weighted by atomic mass is 9.92. The molecule has 0 radical (unpaired) electrons. The van der Waals surface area contributed by atoms with Crippen LogP contribution in [0.3, 0.4) is 0 Å². The molecule has 0 saturated carbocycles. The Morgan fingerprint density at radius 1 is 0.864 bits per heavy atom. The lowest BCUT2D eigenvalue weighted by molar-refractivity contribution is 0.173. The highest BCUT2D eigenvalue weighted by molar-refractivity contribution is 5.83. The molecule has 0 saturated heterocycles. The van der Waals surface area contributed by atoms with Crippen LogP contribution in [0.1, 0.15) is 19.4 Å². The van der Waals surface area contributed by atoms with Crippen molar-refractivity contribution in [2.45, 2.75) is 20.3 Å². The third kappa shape index (κ3) is 2.06. The van der Waals surface area contributed by atoms with Gasteiger partial charge in [0.25, 0.3) is 0 Å². The summed E-state index contributed by atoms with van der Waals surface area (Å²) in [4.78, 5) is 0. The third-order valence-electron chi connectivity index (χ3n) is 3.92. The second kappa shape index (κ2) is 5.13. The minimum Gasteiger partial charge on any atom is -0.454 e. The van der Waals surface area contributed by atoms with Crippen LogP contribution in [0.4, 0.5) is 0 Å². The highest BCUT2D eigenvalue weighted by atomic mass is 16.7. The van der Waals surface area contributed by atoms with E-state index in [1.807, 2.05) is 18.2 Å². The SMILES string of the molecule is CC(C)Cc1ccc2c(c1-c1cccc3c1OCO3)OCO2. The smallest absolute Gasteiger partial charge is 0.231 e. The lowest BCUT2D eigenvalue weighted by Crippen LogP contribution is -1.99. The van der Waals surface area contributed by atoms with E-state index in [2.05, 4.69) is 26.0 Å². The molecule has 2 aromatic carbocycles. The Labute approximate surface area is 129 Å². The van der Waals surface area contributed by atoms with E-state index in [0.29, 0.717) is 5.92 Å². The molecule has 22 heavy (non-hydrogen) atoms. The zero-order chi connectivity index (χ0) is 15.1. The first-order valence-corrected chi connectivity index (χ1v) is 7.54. The lowest BCUT2D eigenvalue weighted by Gasteiger charge is -2.15. The highest BCUT2D eigenvalue weighted by Crippen LogP contribution is 2.50. The second-order valence-electron chi connectivity index (χ2n) is 5.97. The van der Waals surface area contributed by atoms with Gasteiger partial charge in [-0.2, -0.15) is 0 Å². The van der Waals surface area contributed by atoms with Crippen molar-refractivity contribution in [3.8, 4) is 34.1 Å². The maximum atomic E-state index is 5.75. The van der Waals surface area contributed by atoms with Gasteiger partial charge in [-0.1, -0.05) is 32.0 Å². The van der Waals surface area contributed by atoms with Crippen molar-refractivity contribution in [3.05, 3.63) is 35.9 Å². The van der Waals surface area contributed by atoms with E-state index < -0.39 is 0 Å². The summed E-state index contributed by atoms with van der Waals surface area (Å²) in [6.07, 6.45) is 0.969. The summed E-state index contributed by atoms with van der Waals surface area (Å²) >= 11 is 0. The summed E-state index contributed by atoms with van der Waals surface area (Å²) in [5.74, 6) is 3.72. The molecular formula is C18H18O4. The van der Waals surface area contributed by atoms with Gasteiger partial charge < -0.3 is 18.9 Å². The number of benzene rings is 2. The minimum atomic E-state index is 0.262. The van der Waals surface area contributed by atoms with E-state index >= 15 is 0 Å². The predicted octanol–water partition coefficient (Wildman–Crippen LogP) is 4.01. The van der Waals surface area contributed by atoms with E-state index in [1.165, 1.54) is 5.56 Å². The first kappa shape index (κ1) is 13.3. The van der Waals surface area contributed by atoms with Crippen molar-refractivity contribution in [2.24, 2.45) is 5.92 Å². The molecule has 0 aromatic heterocycles. The van der Waals surface area contributed by atoms with Crippen molar-refractivity contribution < 1.29 is 18.9 Å². The molecule has 0 fully saturated rings. The van der Waals surface area contributed by atoms with Crippen LogP contribution >= 0.6 is 0 Å². The zero-order valence-corrected chi connectivity index (χ0v) is 12.7. The van der Waals surface area contributed by atoms with Crippen LogP contribution < -0.4 is 18.9 Å². The molecule has 0 amide bonds. The Morgan fingerprint density at radius 3 is 2.36 bits per heavy atom. The number of fused-ring (bicyclic) bond motifs is 2. The van der Waals surface area contributed by atoms with E-state index in [0.717, 1.165) is 40.5 Å². The molecular weight excluding hydrogens is 280 g/mol. The second-order valence-corrected chi connectivity index (χ2v) is 5.97. The third-order valence-corrected chi connectivity index (χ3v) is 3.92. The molecule has 0 spiro atoms. The van der Waals surface area contributed by atoms with Gasteiger partial charge in [-0.25, -0.2) is 0 Å². The fraction of sp³-hybridized carbons (Fsp3) is 0.333. The van der Waals surface area contributed by atoms with Crippen molar-refractivity contribution in [1.82, 2.24) is 0 Å². The Bertz CT molecular complexity index is 721. The molecule has 2 aliphatic rings. The van der Waals surface area contributed by atoms with Gasteiger partial charge >= 0.3 is 0 Å². The van der Waals surface area contributed by atoms with Crippen molar-refractivity contribution in [2.75, 3.05) is 13.6 Å². The molecule has 114 valence electrons. The highest BCUT2D eigenvalue weighted by Gasteiger charge is 2.27. The standard InChI is InChI=1S/C18H18O4/c1-11(2)8-12-6-7-15-18(22-10-20-15)16(12)13-4-3-5-14-17(13)21-9-19-14/h3-7,11H,8-10H2,1-2H3. The van der Waals surface area contributed by atoms with Gasteiger partial charge in [0.15, 0.2) is 23.0 Å². The van der Waals surface area contributed by atoms with Crippen molar-refractivity contribution in [1.29, 1.82) is 0 Å². The molecule has 0 atom stereocenters. The number of rotatable bonds is 3. The van der Waals surface area contributed by atoms with E-state index in [-0.39, 0.29) is 13.6 Å². The van der Waals surface area contributed by atoms with Crippen molar-refractivity contribution >= 4 is 0 Å². The Morgan fingerprint density at radius 2 is 1.59 bits per heavy atom. The topological polar surface area (TPSA) is 36.9 Å². The number of hydrogen-bond donors (Lipinski definition) is 0. The number of hydrogen-bond acceptors (Lipinski definition) is 4. The van der Waals surface area contributed by atoms with Gasteiger partial charge in [0, 0.05) is 11.1 Å². The first-order chi connectivity index (χ1) is 10.7. The summed E-state index contributed by atoms with van der Waals surface area (Å²) in [5.41, 5.74) is 3.31. The number of ether oxygens (including phenoxy) is 4. The van der Waals surface area contributed by atoms with Gasteiger partial charge in [-0.05, 0) is 30.0 Å². The molecule has 0 bridgehead atoms. The van der Waals surface area contributed by atoms with Crippen LogP contribution in [0.25, 0.3) is 11.1 Å². The average molecular weight is 298 g/mol. The fourth-order valence-corrected chi connectivity index (χ4v) is 3.05. The van der Waals surface area contributed by atoms with Gasteiger partial charge in [0.2, 0.25) is 13.6 Å². The monoisotopic (exact) mass is 298 g/mol. The predicted molar refractivity (Wildman–Crippen MR) is 82.7 cm³/mol. The van der Waals surface area contributed by atoms with Gasteiger partial charge in [0.05, 0.1) is 0 Å². The summed E-state index contributed by atoms with van der Waals surface area (Å²) in [5, 5.41) is 0. The molecule has 4 nitrogen and oxygen atoms in total. The Kier molecular flexibility index (Phi) is 3.10. The van der Waals surface area contributed by atoms with E-state index in [4.69, 9.17) is 18.9 Å². The number of para-hydroxylation sites is 1. The largest absolute Gasteiger partial charge is 0.454 e. The Hall–Kier alpha value is -2.36. The van der Waals surface area contributed by atoms with Crippen LogP contribution in [0.15, 0.2) is 30.3 Å². The quantitative estimate of drug-likeness (QED) is 0.858. The summed E-state index contributed by atoms with van der Waals surface area (Å²) in [6, 6.07) is 10.1. The van der Waals surface area contributed by atoms with Crippen LogP contribution in [-0.2, 0) is 6.42 Å². The maximum absolute atomic E-state index is 5.75. The molecule has 0 unspecified atom stereocenters. The van der Waals surface area contributed by atoms with Gasteiger partial charge in [-0.3, -0.25) is 0 Å². The molecule has 4 rings (SSSR count). The molecule has 2 heterocycles. The van der Waals surface area contributed by atoms with Gasteiger partial charge in [0.1, 0.15) is 0 Å². The minimum absolute atomic E-state index is 0.262. The van der Waals surface area contributed by atoms with Crippen molar-refractivity contribution in [3.63, 3.8) is 0 Å². The normalized spacial score (nSPS) is 14.7. The maximum Gasteiger partial charge on any atom is 0.231 e. The van der Waals surface area contributed by atoms with E-state index in [9.17, 15) is 0 Å². The average Bonchev–Trinajstić information content (AvgIpc) is 3.14. The Balaban J connectivity index is 1.94. The van der Waals surface area contributed by atoms with E-state index in [1.54, 1.807) is 0 Å². The first-order valence-electron chi connectivity index (χ1n) is 7.54. The molecule has 2 aromatic rings. The summed E-state index contributed by atoms with van der Waals surface area (Å²) in [7, 11) is 0. The summed E-state index contributed by atoms with van der Waals surface area (Å²) < 4.78 is 22.5. The zero-order valence-electron chi connectivity index (χ0n) is 12.7. The molecule has 0 aliphatic carbocycles. The fourth-order valence-electron chi connectivity index (χ4n) is 3.05. The molecule has 4 heteroatoms.